The van der Waals surface area contributed by atoms with Crippen molar-refractivity contribution < 1.29 is 19.4 Å². The molecular formula is C18H26O4. The highest BCUT2D eigenvalue weighted by Crippen LogP contribution is 2.53. The molecule has 0 bridgehead atoms. The van der Waals surface area contributed by atoms with Gasteiger partial charge in [0.2, 0.25) is 0 Å². The van der Waals surface area contributed by atoms with Crippen LogP contribution in [0.2, 0.25) is 0 Å². The van der Waals surface area contributed by atoms with Crippen LogP contribution < -0.4 is 0 Å². The molecule has 2 rings (SSSR count). The zero-order chi connectivity index (χ0) is 16.3. The highest BCUT2D eigenvalue weighted by molar-refractivity contribution is 5.86. The maximum atomic E-state index is 11.4. The van der Waals surface area contributed by atoms with E-state index in [4.69, 9.17) is 4.74 Å². The summed E-state index contributed by atoms with van der Waals surface area (Å²) < 4.78 is 5.32. The van der Waals surface area contributed by atoms with Crippen molar-refractivity contribution in [2.45, 2.75) is 52.4 Å². The van der Waals surface area contributed by atoms with E-state index < -0.39 is 5.97 Å². The lowest BCUT2D eigenvalue weighted by Crippen LogP contribution is -2.39. The number of hydrogen-bond donors (Lipinski definition) is 1. The number of rotatable bonds is 5. The zero-order valence-electron chi connectivity index (χ0n) is 13.6. The summed E-state index contributed by atoms with van der Waals surface area (Å²) in [5, 5.41) is 9.18. The lowest BCUT2D eigenvalue weighted by Gasteiger charge is -2.48. The molecule has 1 fully saturated rings. The van der Waals surface area contributed by atoms with Gasteiger partial charge in [-0.2, -0.15) is 0 Å². The van der Waals surface area contributed by atoms with Crippen LogP contribution in [0.3, 0.4) is 0 Å². The fourth-order valence-corrected chi connectivity index (χ4v) is 3.91. The zero-order valence-corrected chi connectivity index (χ0v) is 13.6. The van der Waals surface area contributed by atoms with Crippen LogP contribution in [-0.2, 0) is 14.3 Å². The lowest BCUT2D eigenvalue weighted by atomic mass is 9.57. The Morgan fingerprint density at radius 2 is 2.18 bits per heavy atom. The number of carboxylic acid groups (broad SMARTS) is 1. The molecule has 2 aliphatic rings. The number of fused-ring (bicyclic) bond motifs is 1. The van der Waals surface area contributed by atoms with Gasteiger partial charge in [-0.3, -0.25) is 4.79 Å². The maximum absolute atomic E-state index is 11.4. The molecule has 2 aliphatic carbocycles. The Morgan fingerprint density at radius 1 is 1.45 bits per heavy atom. The number of carbonyl (C=O) groups excluding carboxylic acids is 1. The maximum Gasteiger partial charge on any atom is 0.331 e. The molecule has 1 saturated carbocycles. The third-order valence-electron chi connectivity index (χ3n) is 5.45. The van der Waals surface area contributed by atoms with Crippen molar-refractivity contribution in [2.75, 3.05) is 6.61 Å². The number of ether oxygens (including phenoxy) is 1. The van der Waals surface area contributed by atoms with Crippen LogP contribution in [0.1, 0.15) is 52.4 Å². The molecule has 0 heterocycles. The molecule has 4 nitrogen and oxygen atoms in total. The Balaban J connectivity index is 2.12. The standard InChI is InChI=1S/C18H26O4/c1-4-16(19)22-11-14-6-5-8-18(3)9-7-13(10-15(14)18)12(2)17(20)21/h6,13,15H,2,4-5,7-11H2,1,3H3,(H,20,21)/t13-,15+,18-/m1/s1. The smallest absolute Gasteiger partial charge is 0.331 e. The SMILES string of the molecule is C=C(C(=O)O)[C@@H]1CC[C@@]2(C)CCC=C(COC(=O)CC)[C@@H]2C1. The summed E-state index contributed by atoms with van der Waals surface area (Å²) in [6.07, 6.45) is 7.39. The quantitative estimate of drug-likeness (QED) is 0.477. The van der Waals surface area contributed by atoms with Crippen molar-refractivity contribution in [3.8, 4) is 0 Å². The van der Waals surface area contributed by atoms with Crippen molar-refractivity contribution in [3.63, 3.8) is 0 Å². The topological polar surface area (TPSA) is 63.6 Å². The summed E-state index contributed by atoms with van der Waals surface area (Å²) in [5.74, 6) is -0.762. The van der Waals surface area contributed by atoms with E-state index >= 15 is 0 Å². The van der Waals surface area contributed by atoms with Crippen molar-refractivity contribution in [3.05, 3.63) is 23.8 Å². The van der Waals surface area contributed by atoms with Crippen LogP contribution in [0.4, 0.5) is 0 Å². The summed E-state index contributed by atoms with van der Waals surface area (Å²) in [4.78, 5) is 22.6. The van der Waals surface area contributed by atoms with Crippen LogP contribution >= 0.6 is 0 Å². The van der Waals surface area contributed by atoms with Gasteiger partial charge in [0.1, 0.15) is 6.61 Å². The molecule has 0 spiro atoms. The summed E-state index contributed by atoms with van der Waals surface area (Å²) in [5.41, 5.74) is 1.67. The van der Waals surface area contributed by atoms with Crippen LogP contribution in [0.15, 0.2) is 23.8 Å². The number of carboxylic acids is 1. The third kappa shape index (κ3) is 3.42. The normalized spacial score (nSPS) is 30.9. The number of allylic oxidation sites excluding steroid dienone is 1. The molecule has 122 valence electrons. The van der Waals surface area contributed by atoms with Gasteiger partial charge in [-0.15, -0.1) is 0 Å². The van der Waals surface area contributed by atoms with E-state index in [1.807, 2.05) is 0 Å². The summed E-state index contributed by atoms with van der Waals surface area (Å²) in [6.45, 7) is 8.16. The largest absolute Gasteiger partial charge is 0.478 e. The summed E-state index contributed by atoms with van der Waals surface area (Å²) in [7, 11) is 0. The first-order chi connectivity index (χ1) is 10.4. The van der Waals surface area contributed by atoms with Crippen LogP contribution in [-0.4, -0.2) is 23.7 Å². The van der Waals surface area contributed by atoms with E-state index in [0.29, 0.717) is 24.5 Å². The molecule has 1 N–H and O–H groups in total. The first-order valence-corrected chi connectivity index (χ1v) is 8.14. The van der Waals surface area contributed by atoms with Crippen LogP contribution in [0, 0.1) is 17.3 Å². The lowest BCUT2D eigenvalue weighted by molar-refractivity contribution is -0.142. The average Bonchev–Trinajstić information content (AvgIpc) is 2.50. The number of hydrogen-bond acceptors (Lipinski definition) is 3. The minimum absolute atomic E-state index is 0.0268. The van der Waals surface area contributed by atoms with E-state index in [-0.39, 0.29) is 17.3 Å². The highest BCUT2D eigenvalue weighted by atomic mass is 16.5. The minimum Gasteiger partial charge on any atom is -0.478 e. The van der Waals surface area contributed by atoms with Crippen LogP contribution in [0.25, 0.3) is 0 Å². The van der Waals surface area contributed by atoms with Gasteiger partial charge in [0.15, 0.2) is 0 Å². The fraction of sp³-hybridized carbons (Fsp3) is 0.667. The number of carbonyl (C=O) groups is 2. The average molecular weight is 306 g/mol. The molecule has 22 heavy (non-hydrogen) atoms. The molecule has 0 saturated heterocycles. The molecule has 0 aromatic carbocycles. The molecule has 0 aliphatic heterocycles. The first kappa shape index (κ1) is 16.8. The van der Waals surface area contributed by atoms with Crippen molar-refractivity contribution in [1.82, 2.24) is 0 Å². The second kappa shape index (κ2) is 6.67. The molecular weight excluding hydrogens is 280 g/mol. The Labute approximate surface area is 132 Å². The number of aliphatic carboxylic acids is 1. The first-order valence-electron chi connectivity index (χ1n) is 8.14. The van der Waals surface area contributed by atoms with Gasteiger partial charge in [-0.1, -0.05) is 26.5 Å². The van der Waals surface area contributed by atoms with Crippen LogP contribution in [0.5, 0.6) is 0 Å². The molecule has 0 aromatic heterocycles. The second-order valence-corrected chi connectivity index (χ2v) is 6.84. The van der Waals surface area contributed by atoms with Gasteiger partial charge in [0, 0.05) is 12.0 Å². The molecule has 0 unspecified atom stereocenters. The molecule has 0 aromatic rings. The predicted molar refractivity (Wildman–Crippen MR) is 84.3 cm³/mol. The Morgan fingerprint density at radius 3 is 2.82 bits per heavy atom. The number of esters is 1. The second-order valence-electron chi connectivity index (χ2n) is 6.84. The molecule has 4 heteroatoms. The van der Waals surface area contributed by atoms with E-state index in [9.17, 15) is 14.7 Å². The van der Waals surface area contributed by atoms with E-state index in [1.165, 1.54) is 5.57 Å². The minimum atomic E-state index is -0.896. The molecule has 0 radical (unpaired) electrons. The Kier molecular flexibility index (Phi) is 5.09. The summed E-state index contributed by atoms with van der Waals surface area (Å²) >= 11 is 0. The van der Waals surface area contributed by atoms with Crippen molar-refractivity contribution in [2.24, 2.45) is 17.3 Å². The predicted octanol–water partition coefficient (Wildman–Crippen LogP) is 3.72. The van der Waals surface area contributed by atoms with Gasteiger partial charge in [0.25, 0.3) is 0 Å². The Hall–Kier alpha value is -1.58. The van der Waals surface area contributed by atoms with Gasteiger partial charge in [-0.25, -0.2) is 4.79 Å². The van der Waals surface area contributed by atoms with Gasteiger partial charge in [0.05, 0.1) is 0 Å². The van der Waals surface area contributed by atoms with Crippen molar-refractivity contribution in [1.29, 1.82) is 0 Å². The monoisotopic (exact) mass is 306 g/mol. The van der Waals surface area contributed by atoms with E-state index in [1.54, 1.807) is 6.92 Å². The van der Waals surface area contributed by atoms with Gasteiger partial charge >= 0.3 is 11.9 Å². The van der Waals surface area contributed by atoms with Gasteiger partial charge < -0.3 is 9.84 Å². The molecule has 3 atom stereocenters. The fourth-order valence-electron chi connectivity index (χ4n) is 3.91. The van der Waals surface area contributed by atoms with Gasteiger partial charge in [-0.05, 0) is 54.9 Å². The Bertz CT molecular complexity index is 505. The molecule has 0 amide bonds. The highest BCUT2D eigenvalue weighted by Gasteiger charge is 2.44. The summed E-state index contributed by atoms with van der Waals surface area (Å²) in [6, 6.07) is 0. The van der Waals surface area contributed by atoms with E-state index in [0.717, 1.165) is 32.1 Å². The third-order valence-corrected chi connectivity index (χ3v) is 5.45. The van der Waals surface area contributed by atoms with Crippen molar-refractivity contribution >= 4 is 11.9 Å². The van der Waals surface area contributed by atoms with E-state index in [2.05, 4.69) is 19.6 Å².